The molecule has 0 aliphatic carbocycles. The molecule has 0 fully saturated rings. The molecule has 0 aliphatic rings. The van der Waals surface area contributed by atoms with E-state index in [1.807, 2.05) is 36.4 Å². The minimum Gasteiger partial charge on any atom is -0.507 e. The quantitative estimate of drug-likeness (QED) is 0.132. The lowest BCUT2D eigenvalue weighted by Crippen LogP contribution is -2.06. The van der Waals surface area contributed by atoms with Crippen molar-refractivity contribution in [2.24, 2.45) is 0 Å². The minimum absolute atomic E-state index is 0.104. The summed E-state index contributed by atoms with van der Waals surface area (Å²) < 4.78 is 3.63. The van der Waals surface area contributed by atoms with E-state index < -0.39 is 5.92 Å². The number of rotatable bonds is 7. The number of benzene rings is 3. The molecule has 4 aromatic heterocycles. The van der Waals surface area contributed by atoms with Crippen LogP contribution in [0, 0.1) is 13.8 Å². The predicted molar refractivity (Wildman–Crippen MR) is 181 cm³/mol. The van der Waals surface area contributed by atoms with E-state index in [0.717, 1.165) is 10.0 Å². The van der Waals surface area contributed by atoms with Gasteiger partial charge in [0.05, 0.1) is 22.8 Å². The Kier molecular flexibility index (Phi) is 7.59. The van der Waals surface area contributed by atoms with Crippen LogP contribution in [0.5, 0.6) is 23.3 Å². The van der Waals surface area contributed by atoms with E-state index in [-0.39, 0.29) is 23.3 Å². The zero-order valence-corrected chi connectivity index (χ0v) is 27.5. The zero-order valence-electron chi connectivity index (χ0n) is 24.3. The van der Waals surface area contributed by atoms with Gasteiger partial charge in [-0.15, -0.1) is 22.7 Å². The molecule has 3 aromatic carbocycles. The Balaban J connectivity index is 1.35. The number of phenolic OH excluding ortho intramolecular Hbond substituents is 2. The van der Waals surface area contributed by atoms with Crippen molar-refractivity contribution in [3.8, 4) is 56.0 Å². The Morgan fingerprint density at radius 1 is 0.630 bits per heavy atom. The molecule has 4 heterocycles. The maximum atomic E-state index is 11.8. The molecule has 10 nitrogen and oxygen atoms in total. The van der Waals surface area contributed by atoms with Crippen molar-refractivity contribution in [2.45, 2.75) is 19.8 Å². The first kappa shape index (κ1) is 29.7. The summed E-state index contributed by atoms with van der Waals surface area (Å²) in [5, 5.41) is 58.0. The van der Waals surface area contributed by atoms with E-state index in [1.54, 1.807) is 61.0 Å². The van der Waals surface area contributed by atoms with Crippen molar-refractivity contribution in [3.05, 3.63) is 116 Å². The third-order valence-corrected chi connectivity index (χ3v) is 9.81. The Bertz CT molecular complexity index is 2090. The van der Waals surface area contributed by atoms with Gasteiger partial charge < -0.3 is 20.4 Å². The van der Waals surface area contributed by atoms with E-state index >= 15 is 0 Å². The summed E-state index contributed by atoms with van der Waals surface area (Å²) in [6.45, 7) is 3.59. The number of aromatic hydroxyl groups is 4. The van der Waals surface area contributed by atoms with Crippen molar-refractivity contribution >= 4 is 38.6 Å². The summed E-state index contributed by atoms with van der Waals surface area (Å²) in [6.07, 6.45) is 0. The van der Waals surface area contributed by atoms with Gasteiger partial charge in [0, 0.05) is 43.4 Å². The van der Waals surface area contributed by atoms with Crippen molar-refractivity contribution in [2.75, 3.05) is 0 Å². The molecule has 13 heteroatoms. The highest BCUT2D eigenvalue weighted by molar-refractivity contribution is 9.10. The average molecular weight is 714 g/mol. The fourth-order valence-electron chi connectivity index (χ4n) is 5.48. The van der Waals surface area contributed by atoms with Crippen LogP contribution in [0.1, 0.15) is 34.0 Å². The number of para-hydroxylation sites is 2. The smallest absolute Gasteiger partial charge is 0.220 e. The van der Waals surface area contributed by atoms with Gasteiger partial charge >= 0.3 is 0 Å². The largest absolute Gasteiger partial charge is 0.507 e. The predicted octanol–water partition coefficient (Wildman–Crippen LogP) is 7.69. The fraction of sp³-hybridized carbons (Fsp3) is 0.0909. The molecule has 0 aliphatic heterocycles. The van der Waals surface area contributed by atoms with Gasteiger partial charge in [-0.1, -0.05) is 52.3 Å². The monoisotopic (exact) mass is 712 g/mol. The van der Waals surface area contributed by atoms with Crippen molar-refractivity contribution < 1.29 is 20.4 Å². The summed E-state index contributed by atoms with van der Waals surface area (Å²) in [7, 11) is 0. The van der Waals surface area contributed by atoms with Gasteiger partial charge in [0.25, 0.3) is 0 Å². The van der Waals surface area contributed by atoms with E-state index in [1.165, 1.54) is 32.0 Å². The summed E-state index contributed by atoms with van der Waals surface area (Å²) in [6, 6.07) is 21.5. The van der Waals surface area contributed by atoms with Gasteiger partial charge in [-0.2, -0.15) is 19.6 Å². The first-order chi connectivity index (χ1) is 22.2. The standard InChI is InChI=1S/C33H25BrN6O4S2/c1-17-27(30(43)39(37-17)32-35-23(15-45-32)21-7-3-5-9-25(21)41)29(19-11-13-20(34)14-12-19)28-18(2)38-40(31(28)44)33-36-24(16-46-33)22-8-4-6-10-26(22)42/h3-16,29,41-44H,1-2H3. The highest BCUT2D eigenvalue weighted by Gasteiger charge is 2.34. The second-order valence-corrected chi connectivity index (χ2v) is 13.1. The SMILES string of the molecule is Cc1nn(-c2nc(-c3ccccc3O)cs2)c(O)c1C(c1ccc(Br)cc1)c1c(C)nn(-c2nc(-c3ccccc3O)cs2)c1O. The van der Waals surface area contributed by atoms with Crippen LogP contribution in [0.15, 0.2) is 88.0 Å². The first-order valence-corrected chi connectivity index (χ1v) is 16.6. The fourth-order valence-corrected chi connectivity index (χ4v) is 7.29. The van der Waals surface area contributed by atoms with Crippen LogP contribution in [0.3, 0.4) is 0 Å². The van der Waals surface area contributed by atoms with Gasteiger partial charge in [0.15, 0.2) is 0 Å². The zero-order chi connectivity index (χ0) is 32.1. The highest BCUT2D eigenvalue weighted by atomic mass is 79.9. The van der Waals surface area contributed by atoms with Crippen molar-refractivity contribution in [1.29, 1.82) is 0 Å². The molecule has 0 radical (unpaired) electrons. The van der Waals surface area contributed by atoms with Crippen molar-refractivity contribution in [3.63, 3.8) is 0 Å². The lowest BCUT2D eigenvalue weighted by molar-refractivity contribution is 0.420. The van der Waals surface area contributed by atoms with Gasteiger partial charge in [0.1, 0.15) is 11.5 Å². The summed E-state index contributed by atoms with van der Waals surface area (Å²) in [4.78, 5) is 9.32. The Labute approximate surface area is 279 Å². The third kappa shape index (κ3) is 5.11. The van der Waals surface area contributed by atoms with Crippen LogP contribution < -0.4 is 0 Å². The number of phenols is 2. The topological polar surface area (TPSA) is 142 Å². The van der Waals surface area contributed by atoms with Gasteiger partial charge in [-0.25, -0.2) is 9.97 Å². The second-order valence-electron chi connectivity index (χ2n) is 10.5. The van der Waals surface area contributed by atoms with Crippen molar-refractivity contribution in [1.82, 2.24) is 29.5 Å². The second kappa shape index (κ2) is 11.7. The van der Waals surface area contributed by atoms with Gasteiger partial charge in [-0.3, -0.25) is 0 Å². The average Bonchev–Trinajstić information content (AvgIpc) is 3.83. The number of nitrogens with zero attached hydrogens (tertiary/aromatic N) is 6. The van der Waals surface area contributed by atoms with Crippen LogP contribution in [0.25, 0.3) is 32.8 Å². The maximum absolute atomic E-state index is 11.8. The van der Waals surface area contributed by atoms with Crippen LogP contribution >= 0.6 is 38.6 Å². The third-order valence-electron chi connectivity index (χ3n) is 7.65. The molecule has 46 heavy (non-hydrogen) atoms. The van der Waals surface area contributed by atoms with E-state index in [9.17, 15) is 20.4 Å². The molecule has 4 N–H and O–H groups in total. The number of hydrogen-bond acceptors (Lipinski definition) is 10. The summed E-state index contributed by atoms with van der Waals surface area (Å²) in [5.41, 5.74) is 5.07. The Morgan fingerprint density at radius 3 is 1.50 bits per heavy atom. The maximum Gasteiger partial charge on any atom is 0.220 e. The first-order valence-electron chi connectivity index (χ1n) is 14.0. The Hall–Kier alpha value is -4.98. The summed E-state index contributed by atoms with van der Waals surface area (Å²) >= 11 is 6.06. The number of aromatic nitrogens is 6. The number of thiazole rings is 2. The highest BCUT2D eigenvalue weighted by Crippen LogP contribution is 2.45. The molecule has 0 amide bonds. The molecule has 7 aromatic rings. The molecule has 0 unspecified atom stereocenters. The number of hydrogen-bond donors (Lipinski definition) is 4. The molecule has 0 bridgehead atoms. The van der Waals surface area contributed by atoms with Crippen LogP contribution in [0.2, 0.25) is 0 Å². The lowest BCUT2D eigenvalue weighted by atomic mass is 9.85. The Morgan fingerprint density at radius 2 is 1.07 bits per heavy atom. The molecule has 0 spiro atoms. The molecule has 0 atom stereocenters. The molecule has 230 valence electrons. The van der Waals surface area contributed by atoms with Crippen LogP contribution in [-0.4, -0.2) is 50.0 Å². The minimum atomic E-state index is -0.661. The molecular weight excluding hydrogens is 688 g/mol. The molecular formula is C33H25BrN6O4S2. The van der Waals surface area contributed by atoms with Crippen LogP contribution in [-0.2, 0) is 0 Å². The van der Waals surface area contributed by atoms with Gasteiger partial charge in [0.2, 0.25) is 22.0 Å². The lowest BCUT2D eigenvalue weighted by Gasteiger charge is -2.18. The molecule has 7 rings (SSSR count). The normalized spacial score (nSPS) is 11.5. The van der Waals surface area contributed by atoms with Crippen LogP contribution in [0.4, 0.5) is 0 Å². The number of aryl methyl sites for hydroxylation is 2. The molecule has 0 saturated heterocycles. The van der Waals surface area contributed by atoms with E-state index in [2.05, 4.69) is 36.1 Å². The number of halogens is 1. The van der Waals surface area contributed by atoms with E-state index in [0.29, 0.717) is 55.3 Å². The summed E-state index contributed by atoms with van der Waals surface area (Å²) in [5.74, 6) is -0.720. The van der Waals surface area contributed by atoms with Gasteiger partial charge in [-0.05, 0) is 55.8 Å². The molecule has 0 saturated carbocycles. The van der Waals surface area contributed by atoms with E-state index in [4.69, 9.17) is 0 Å².